The molecule has 0 aliphatic carbocycles. The molecule has 11 nitrogen and oxygen atoms in total. The lowest BCUT2D eigenvalue weighted by atomic mass is 10.0. The molecule has 0 spiro atoms. The number of thioether (sulfide) groups is 2. The lowest BCUT2D eigenvalue weighted by molar-refractivity contribution is -0.133. The van der Waals surface area contributed by atoms with Crippen LogP contribution < -0.4 is 32.7 Å². The molecule has 3 atom stereocenters. The Morgan fingerprint density at radius 1 is 0.680 bits per heavy atom. The van der Waals surface area contributed by atoms with E-state index in [4.69, 9.17) is 11.5 Å². The highest BCUT2D eigenvalue weighted by molar-refractivity contribution is 7.98. The van der Waals surface area contributed by atoms with E-state index in [1.807, 2.05) is 97.4 Å². The quantitative estimate of drug-likeness (QED) is 0.0553. The van der Waals surface area contributed by atoms with Crippen LogP contribution in [0, 0.1) is 0 Å². The fourth-order valence-corrected chi connectivity index (χ4v) is 6.18. The van der Waals surface area contributed by atoms with E-state index in [2.05, 4.69) is 26.3 Å². The second-order valence-corrected chi connectivity index (χ2v) is 13.6. The molecule has 13 heteroatoms. The molecule has 3 aromatic rings. The van der Waals surface area contributed by atoms with Crippen molar-refractivity contribution in [2.75, 3.05) is 37.1 Å². The zero-order chi connectivity index (χ0) is 36.1. The first-order chi connectivity index (χ1) is 24.2. The van der Waals surface area contributed by atoms with Crippen molar-refractivity contribution in [2.24, 2.45) is 16.5 Å². The van der Waals surface area contributed by atoms with E-state index < -0.39 is 29.9 Å². The van der Waals surface area contributed by atoms with Crippen LogP contribution in [0.15, 0.2) is 89.9 Å². The van der Waals surface area contributed by atoms with E-state index in [1.54, 1.807) is 11.8 Å². The fourth-order valence-electron chi connectivity index (χ4n) is 5.15. The Kier molecular flexibility index (Phi) is 17.8. The van der Waals surface area contributed by atoms with Crippen LogP contribution in [0.3, 0.4) is 0 Å². The van der Waals surface area contributed by atoms with Crippen LogP contribution in [0.25, 0.3) is 11.1 Å². The van der Waals surface area contributed by atoms with Crippen LogP contribution in [-0.2, 0) is 32.0 Å². The third-order valence-corrected chi connectivity index (χ3v) is 9.10. The summed E-state index contributed by atoms with van der Waals surface area (Å²) in [5, 5.41) is 11.5. The second kappa shape index (κ2) is 22.3. The Hall–Kier alpha value is -4.49. The molecule has 0 aromatic heterocycles. The highest BCUT2D eigenvalue weighted by atomic mass is 32.2. The summed E-state index contributed by atoms with van der Waals surface area (Å²) >= 11 is 2.97. The van der Waals surface area contributed by atoms with Gasteiger partial charge in [-0.05, 0) is 66.2 Å². The second-order valence-electron chi connectivity index (χ2n) is 11.7. The third kappa shape index (κ3) is 14.6. The number of aliphatic imine (C=N–C) groups is 1. The Balaban J connectivity index is 1.65. The fraction of sp³-hybridized carbons (Fsp3) is 0.378. The molecule has 0 radical (unpaired) electrons. The molecule has 0 bridgehead atoms. The number of carbonyl (C=O) groups is 4. The SMILES string of the molecule is CSCC[C@H](NC(=O)[C@@H](CCCN=C(N)N)NC(=O)[C@H](CSC)NC(=O)Cc1ccc(-c2ccccc2)cc1)C(=O)NCCc1ccccc1. The van der Waals surface area contributed by atoms with Gasteiger partial charge in [-0.15, -0.1) is 0 Å². The van der Waals surface area contributed by atoms with Gasteiger partial charge in [-0.1, -0.05) is 84.9 Å². The number of benzene rings is 3. The molecule has 0 heterocycles. The lowest BCUT2D eigenvalue weighted by Gasteiger charge is -2.25. The van der Waals surface area contributed by atoms with Crippen LogP contribution in [0.2, 0.25) is 0 Å². The summed E-state index contributed by atoms with van der Waals surface area (Å²) in [6.07, 6.45) is 5.53. The predicted molar refractivity (Wildman–Crippen MR) is 206 cm³/mol. The standard InChI is InChI=1S/C37H49N7O4S2/c1-49-23-20-31(34(46)40-22-19-26-10-5-3-6-11-26)44-35(47)30(14-9-21-41-37(38)39)43-36(48)32(25-50-2)42-33(45)24-27-15-17-29(18-16-27)28-12-7-4-8-13-28/h3-8,10-13,15-18,30-32H,9,14,19-25H2,1-2H3,(H,40,46)(H,42,45)(H,43,48)(H,44,47)(H4,38,39,41)/t30-,31+,32+/m1/s1. The summed E-state index contributed by atoms with van der Waals surface area (Å²) in [7, 11) is 0. The van der Waals surface area contributed by atoms with Gasteiger partial charge in [0.1, 0.15) is 18.1 Å². The summed E-state index contributed by atoms with van der Waals surface area (Å²) < 4.78 is 0. The third-order valence-electron chi connectivity index (χ3n) is 7.79. The molecule has 4 amide bonds. The van der Waals surface area contributed by atoms with E-state index in [-0.39, 0.29) is 37.2 Å². The highest BCUT2D eigenvalue weighted by Gasteiger charge is 2.29. The summed E-state index contributed by atoms with van der Waals surface area (Å²) in [6, 6.07) is 24.8. The van der Waals surface area contributed by atoms with E-state index in [1.165, 1.54) is 11.8 Å². The summed E-state index contributed by atoms with van der Waals surface area (Å²) in [4.78, 5) is 57.5. The van der Waals surface area contributed by atoms with Crippen molar-refractivity contribution < 1.29 is 19.2 Å². The van der Waals surface area contributed by atoms with Crippen molar-refractivity contribution in [2.45, 2.75) is 50.2 Å². The molecule has 0 aliphatic heterocycles. The van der Waals surface area contributed by atoms with Crippen LogP contribution in [0.1, 0.15) is 30.4 Å². The molecular weight excluding hydrogens is 671 g/mol. The van der Waals surface area contributed by atoms with Crippen molar-refractivity contribution in [1.29, 1.82) is 0 Å². The van der Waals surface area contributed by atoms with Gasteiger partial charge in [-0.3, -0.25) is 24.2 Å². The van der Waals surface area contributed by atoms with Gasteiger partial charge < -0.3 is 32.7 Å². The molecule has 0 unspecified atom stereocenters. The minimum Gasteiger partial charge on any atom is -0.370 e. The molecule has 0 aliphatic rings. The average Bonchev–Trinajstić information content (AvgIpc) is 3.12. The van der Waals surface area contributed by atoms with E-state index >= 15 is 0 Å². The number of guanidine groups is 1. The predicted octanol–water partition coefficient (Wildman–Crippen LogP) is 2.88. The van der Waals surface area contributed by atoms with Crippen LogP contribution in [0.5, 0.6) is 0 Å². The minimum absolute atomic E-state index is 0.0724. The van der Waals surface area contributed by atoms with Gasteiger partial charge >= 0.3 is 0 Å². The maximum absolute atomic E-state index is 13.7. The number of rotatable bonds is 21. The maximum Gasteiger partial charge on any atom is 0.244 e. The molecular formula is C37H49N7O4S2. The maximum atomic E-state index is 13.7. The van der Waals surface area contributed by atoms with Crippen molar-refractivity contribution in [3.63, 3.8) is 0 Å². The Bertz CT molecular complexity index is 1520. The largest absolute Gasteiger partial charge is 0.370 e. The molecule has 3 rings (SSSR count). The first-order valence-corrected chi connectivity index (χ1v) is 19.4. The Morgan fingerprint density at radius 2 is 1.28 bits per heavy atom. The van der Waals surface area contributed by atoms with Crippen LogP contribution in [-0.4, -0.2) is 84.8 Å². The van der Waals surface area contributed by atoms with Gasteiger partial charge in [-0.25, -0.2) is 0 Å². The van der Waals surface area contributed by atoms with Crippen molar-refractivity contribution in [3.05, 3.63) is 96.1 Å². The van der Waals surface area contributed by atoms with Crippen molar-refractivity contribution in [3.8, 4) is 11.1 Å². The van der Waals surface area contributed by atoms with E-state index in [0.717, 1.165) is 22.3 Å². The molecule has 0 saturated carbocycles. The molecule has 3 aromatic carbocycles. The monoisotopic (exact) mass is 719 g/mol. The van der Waals surface area contributed by atoms with Gasteiger partial charge in [0.2, 0.25) is 23.6 Å². The van der Waals surface area contributed by atoms with Gasteiger partial charge in [0.05, 0.1) is 6.42 Å². The van der Waals surface area contributed by atoms with Gasteiger partial charge in [-0.2, -0.15) is 23.5 Å². The van der Waals surface area contributed by atoms with E-state index in [0.29, 0.717) is 37.3 Å². The van der Waals surface area contributed by atoms with Gasteiger partial charge in [0.15, 0.2) is 5.96 Å². The van der Waals surface area contributed by atoms with Gasteiger partial charge in [0, 0.05) is 18.8 Å². The topological polar surface area (TPSA) is 181 Å². The number of hydrogen-bond donors (Lipinski definition) is 6. The number of amides is 4. The van der Waals surface area contributed by atoms with Crippen molar-refractivity contribution in [1.82, 2.24) is 21.3 Å². The average molecular weight is 720 g/mol. The summed E-state index contributed by atoms with van der Waals surface area (Å²) in [5.41, 5.74) is 15.0. The first-order valence-electron chi connectivity index (χ1n) is 16.6. The lowest BCUT2D eigenvalue weighted by Crippen LogP contribution is -2.57. The van der Waals surface area contributed by atoms with Crippen LogP contribution >= 0.6 is 23.5 Å². The molecule has 0 saturated heterocycles. The highest BCUT2D eigenvalue weighted by Crippen LogP contribution is 2.19. The Morgan fingerprint density at radius 3 is 1.90 bits per heavy atom. The molecule has 50 heavy (non-hydrogen) atoms. The zero-order valence-electron chi connectivity index (χ0n) is 28.7. The number of carbonyl (C=O) groups excluding carboxylic acids is 4. The Labute approximate surface area is 303 Å². The molecule has 0 fully saturated rings. The van der Waals surface area contributed by atoms with Gasteiger partial charge in [0.25, 0.3) is 0 Å². The number of nitrogens with one attached hydrogen (secondary N) is 4. The normalized spacial score (nSPS) is 12.5. The van der Waals surface area contributed by atoms with Crippen LogP contribution in [0.4, 0.5) is 0 Å². The van der Waals surface area contributed by atoms with E-state index in [9.17, 15) is 19.2 Å². The minimum atomic E-state index is -0.989. The molecule has 268 valence electrons. The number of hydrogen-bond acceptors (Lipinski definition) is 7. The summed E-state index contributed by atoms with van der Waals surface area (Å²) in [5.74, 6) is -0.732. The smallest absolute Gasteiger partial charge is 0.244 e. The first kappa shape index (κ1) is 39.9. The van der Waals surface area contributed by atoms with Crippen molar-refractivity contribution >= 4 is 53.1 Å². The zero-order valence-corrected chi connectivity index (χ0v) is 30.4. The molecule has 8 N–H and O–H groups in total. The summed E-state index contributed by atoms with van der Waals surface area (Å²) in [6.45, 7) is 0.673. The number of nitrogens with two attached hydrogens (primary N) is 2. The number of nitrogens with zero attached hydrogens (tertiary/aromatic N) is 1.